The number of rotatable bonds is 3. The Morgan fingerprint density at radius 1 is 1.45 bits per heavy atom. The van der Waals surface area contributed by atoms with Gasteiger partial charge in [0, 0.05) is 25.0 Å². The van der Waals surface area contributed by atoms with E-state index in [4.69, 9.17) is 9.84 Å². The number of ether oxygens (including phenoxy) is 1. The molecule has 0 aliphatic carbocycles. The largest absolute Gasteiger partial charge is 0.481 e. The number of imidazole rings is 1. The summed E-state index contributed by atoms with van der Waals surface area (Å²) < 4.78 is 7.25. The van der Waals surface area contributed by atoms with Crippen molar-refractivity contribution in [2.75, 3.05) is 19.7 Å². The number of carbonyl (C=O) groups is 2. The normalized spacial score (nSPS) is 18.6. The van der Waals surface area contributed by atoms with Gasteiger partial charge in [-0.15, -0.1) is 0 Å². The maximum Gasteiger partial charge on any atom is 0.306 e. The van der Waals surface area contributed by atoms with Crippen LogP contribution in [-0.4, -0.2) is 57.1 Å². The van der Waals surface area contributed by atoms with Gasteiger partial charge in [-0.2, -0.15) is 0 Å². The van der Waals surface area contributed by atoms with Gasteiger partial charge < -0.3 is 19.1 Å². The molecule has 2 aromatic rings. The number of aromatic nitrogens is 2. The van der Waals surface area contributed by atoms with E-state index in [9.17, 15) is 9.59 Å². The SMILES string of the molecule is Cc1cccc2nc(C(=O)N3CCO[C@@H](CC(=O)O)C3)cn12. The van der Waals surface area contributed by atoms with Crippen LogP contribution in [0.25, 0.3) is 5.65 Å². The number of carboxylic acid groups (broad SMARTS) is 1. The summed E-state index contributed by atoms with van der Waals surface area (Å²) in [5.41, 5.74) is 2.08. The third kappa shape index (κ3) is 2.80. The van der Waals surface area contributed by atoms with E-state index >= 15 is 0 Å². The number of hydrogen-bond donors (Lipinski definition) is 1. The lowest BCUT2D eigenvalue weighted by Crippen LogP contribution is -2.46. The molecule has 0 saturated carbocycles. The van der Waals surface area contributed by atoms with Crippen LogP contribution in [0.4, 0.5) is 0 Å². The van der Waals surface area contributed by atoms with E-state index in [-0.39, 0.29) is 18.9 Å². The average molecular weight is 303 g/mol. The first kappa shape index (κ1) is 14.5. The highest BCUT2D eigenvalue weighted by Crippen LogP contribution is 2.14. The van der Waals surface area contributed by atoms with Gasteiger partial charge in [0.05, 0.1) is 19.1 Å². The first-order valence-corrected chi connectivity index (χ1v) is 7.12. The van der Waals surface area contributed by atoms with Crippen molar-refractivity contribution in [3.63, 3.8) is 0 Å². The minimum atomic E-state index is -0.928. The molecule has 0 spiro atoms. The van der Waals surface area contributed by atoms with Gasteiger partial charge in [0.15, 0.2) is 0 Å². The van der Waals surface area contributed by atoms with Crippen molar-refractivity contribution in [2.24, 2.45) is 0 Å². The van der Waals surface area contributed by atoms with Crippen molar-refractivity contribution >= 4 is 17.5 Å². The molecule has 0 unspecified atom stereocenters. The van der Waals surface area contributed by atoms with E-state index in [0.29, 0.717) is 18.8 Å². The number of aryl methyl sites for hydroxylation is 1. The highest BCUT2D eigenvalue weighted by Gasteiger charge is 2.27. The standard InChI is InChI=1S/C15H17N3O4/c1-10-3-2-4-13-16-12(9-18(10)13)15(21)17-5-6-22-11(8-17)7-14(19)20/h2-4,9,11H,5-8H2,1H3,(H,19,20)/t11-/m0/s1. The van der Waals surface area contributed by atoms with Gasteiger partial charge >= 0.3 is 5.97 Å². The number of carboxylic acids is 1. The Bertz CT molecular complexity index is 725. The molecule has 3 heterocycles. The number of carbonyl (C=O) groups excluding carboxylic acids is 1. The van der Waals surface area contributed by atoms with E-state index in [1.807, 2.05) is 29.5 Å². The minimum Gasteiger partial charge on any atom is -0.481 e. The molecule has 1 amide bonds. The zero-order valence-electron chi connectivity index (χ0n) is 12.2. The first-order valence-electron chi connectivity index (χ1n) is 7.12. The van der Waals surface area contributed by atoms with Crippen molar-refractivity contribution < 1.29 is 19.4 Å². The summed E-state index contributed by atoms with van der Waals surface area (Å²) in [7, 11) is 0. The van der Waals surface area contributed by atoms with Crippen LogP contribution in [0.15, 0.2) is 24.4 Å². The average Bonchev–Trinajstić information content (AvgIpc) is 2.91. The van der Waals surface area contributed by atoms with Gasteiger partial charge in [-0.25, -0.2) is 4.98 Å². The maximum absolute atomic E-state index is 12.6. The fourth-order valence-electron chi connectivity index (χ4n) is 2.64. The van der Waals surface area contributed by atoms with Crippen LogP contribution in [0, 0.1) is 6.92 Å². The van der Waals surface area contributed by atoms with Crippen molar-refractivity contribution in [3.05, 3.63) is 35.8 Å². The number of nitrogens with zero attached hydrogens (tertiary/aromatic N) is 3. The van der Waals surface area contributed by atoms with Gasteiger partial charge in [-0.3, -0.25) is 9.59 Å². The van der Waals surface area contributed by atoms with E-state index in [2.05, 4.69) is 4.98 Å². The second-order valence-corrected chi connectivity index (χ2v) is 5.36. The molecule has 1 aliphatic heterocycles. The molecule has 0 radical (unpaired) electrons. The molecular formula is C15H17N3O4. The monoisotopic (exact) mass is 303 g/mol. The predicted octanol–water partition coefficient (Wildman–Crippen LogP) is 0.958. The van der Waals surface area contributed by atoms with Crippen LogP contribution in [0.5, 0.6) is 0 Å². The molecule has 2 aromatic heterocycles. The Morgan fingerprint density at radius 2 is 2.27 bits per heavy atom. The molecule has 1 saturated heterocycles. The van der Waals surface area contributed by atoms with Crippen molar-refractivity contribution in [1.82, 2.24) is 14.3 Å². The fourth-order valence-corrected chi connectivity index (χ4v) is 2.64. The van der Waals surface area contributed by atoms with E-state index in [1.165, 1.54) is 0 Å². The Labute approximate surface area is 127 Å². The van der Waals surface area contributed by atoms with Crippen LogP contribution in [0.1, 0.15) is 22.6 Å². The molecule has 1 aliphatic rings. The smallest absolute Gasteiger partial charge is 0.306 e. The molecule has 1 fully saturated rings. The molecule has 22 heavy (non-hydrogen) atoms. The van der Waals surface area contributed by atoms with E-state index < -0.39 is 12.1 Å². The molecule has 0 aromatic carbocycles. The van der Waals surface area contributed by atoms with Gasteiger partial charge in [0.25, 0.3) is 5.91 Å². The van der Waals surface area contributed by atoms with Crippen LogP contribution in [0.3, 0.4) is 0 Å². The van der Waals surface area contributed by atoms with Crippen LogP contribution in [0.2, 0.25) is 0 Å². The Morgan fingerprint density at radius 3 is 3.00 bits per heavy atom. The number of pyridine rings is 1. The molecule has 1 atom stereocenters. The quantitative estimate of drug-likeness (QED) is 0.913. The summed E-state index contributed by atoms with van der Waals surface area (Å²) in [5.74, 6) is -1.12. The van der Waals surface area contributed by atoms with Gasteiger partial charge in [0.2, 0.25) is 0 Å². The highest BCUT2D eigenvalue weighted by molar-refractivity contribution is 5.93. The van der Waals surface area contributed by atoms with Gasteiger partial charge in [-0.05, 0) is 19.1 Å². The number of aliphatic carboxylic acids is 1. The third-order valence-electron chi connectivity index (χ3n) is 3.74. The number of morpholine rings is 1. The number of fused-ring (bicyclic) bond motifs is 1. The summed E-state index contributed by atoms with van der Waals surface area (Å²) in [6.07, 6.45) is 1.15. The second-order valence-electron chi connectivity index (χ2n) is 5.36. The summed E-state index contributed by atoms with van der Waals surface area (Å²) in [4.78, 5) is 29.3. The van der Waals surface area contributed by atoms with Crippen molar-refractivity contribution in [3.8, 4) is 0 Å². The summed E-state index contributed by atoms with van der Waals surface area (Å²) in [6.45, 7) is 3.01. The van der Waals surface area contributed by atoms with Gasteiger partial charge in [-0.1, -0.05) is 6.07 Å². The summed E-state index contributed by atoms with van der Waals surface area (Å²) >= 11 is 0. The molecule has 1 N–H and O–H groups in total. The molecule has 7 heteroatoms. The van der Waals surface area contributed by atoms with Crippen LogP contribution >= 0.6 is 0 Å². The second kappa shape index (κ2) is 5.76. The van der Waals surface area contributed by atoms with Crippen LogP contribution < -0.4 is 0 Å². The lowest BCUT2D eigenvalue weighted by molar-refractivity contribution is -0.141. The summed E-state index contributed by atoms with van der Waals surface area (Å²) in [5, 5.41) is 8.83. The van der Waals surface area contributed by atoms with E-state index in [0.717, 1.165) is 11.3 Å². The Balaban J connectivity index is 1.80. The minimum absolute atomic E-state index is 0.103. The first-order chi connectivity index (χ1) is 10.5. The zero-order valence-corrected chi connectivity index (χ0v) is 12.2. The molecule has 116 valence electrons. The lowest BCUT2D eigenvalue weighted by atomic mass is 10.2. The molecule has 0 bridgehead atoms. The molecular weight excluding hydrogens is 286 g/mol. The number of hydrogen-bond acceptors (Lipinski definition) is 4. The fraction of sp³-hybridized carbons (Fsp3) is 0.400. The Kier molecular flexibility index (Phi) is 3.81. The number of amides is 1. The molecule has 7 nitrogen and oxygen atoms in total. The van der Waals surface area contributed by atoms with Crippen molar-refractivity contribution in [2.45, 2.75) is 19.4 Å². The molecule has 3 rings (SSSR count). The van der Waals surface area contributed by atoms with Crippen LogP contribution in [-0.2, 0) is 9.53 Å². The Hall–Kier alpha value is -2.41. The predicted molar refractivity (Wildman–Crippen MR) is 77.8 cm³/mol. The highest BCUT2D eigenvalue weighted by atomic mass is 16.5. The topological polar surface area (TPSA) is 84.1 Å². The third-order valence-corrected chi connectivity index (χ3v) is 3.74. The maximum atomic E-state index is 12.6. The van der Waals surface area contributed by atoms with E-state index in [1.54, 1.807) is 11.1 Å². The lowest BCUT2D eigenvalue weighted by Gasteiger charge is -2.31. The van der Waals surface area contributed by atoms with Crippen molar-refractivity contribution in [1.29, 1.82) is 0 Å². The summed E-state index contributed by atoms with van der Waals surface area (Å²) in [6, 6.07) is 5.68. The van der Waals surface area contributed by atoms with Gasteiger partial charge in [0.1, 0.15) is 11.3 Å². The zero-order chi connectivity index (χ0) is 15.7.